The standard InChI is InChI=1S/C11H16N2O7/c1-4(15)12-7-5(16)2-13-8(7)9(6(17)3-14)20-11(19)10(13)18/h5-9,14,16-17H,2-3H2,1H3,(H,12,15)/t5?,6?,7-,8-,9-/m1/s1. The number of nitrogens with one attached hydrogen (secondary N) is 1. The summed E-state index contributed by atoms with van der Waals surface area (Å²) < 4.78 is 4.82. The molecule has 9 nitrogen and oxygen atoms in total. The molecule has 9 heteroatoms. The van der Waals surface area contributed by atoms with E-state index in [1.165, 1.54) is 6.92 Å². The Balaban J connectivity index is 2.32. The summed E-state index contributed by atoms with van der Waals surface area (Å²) in [4.78, 5) is 35.4. The van der Waals surface area contributed by atoms with Gasteiger partial charge in [0.25, 0.3) is 0 Å². The number of ether oxygens (including phenoxy) is 1. The Morgan fingerprint density at radius 1 is 1.55 bits per heavy atom. The minimum atomic E-state index is -1.42. The van der Waals surface area contributed by atoms with Crippen LogP contribution in [0.2, 0.25) is 0 Å². The zero-order valence-electron chi connectivity index (χ0n) is 10.7. The number of hydrogen-bond donors (Lipinski definition) is 4. The smallest absolute Gasteiger partial charge is 0.397 e. The van der Waals surface area contributed by atoms with Crippen LogP contribution in [0.1, 0.15) is 6.92 Å². The van der Waals surface area contributed by atoms with Crippen LogP contribution < -0.4 is 5.32 Å². The molecule has 2 aliphatic heterocycles. The molecule has 2 fully saturated rings. The van der Waals surface area contributed by atoms with Crippen LogP contribution in [0.4, 0.5) is 0 Å². The van der Waals surface area contributed by atoms with Gasteiger partial charge in [-0.05, 0) is 0 Å². The summed E-state index contributed by atoms with van der Waals surface area (Å²) in [6.45, 7) is 0.404. The molecule has 4 N–H and O–H groups in total. The van der Waals surface area contributed by atoms with Crippen molar-refractivity contribution < 1.29 is 34.4 Å². The number of fused-ring (bicyclic) bond motifs is 1. The second-order valence-corrected chi connectivity index (χ2v) is 4.86. The van der Waals surface area contributed by atoms with Crippen molar-refractivity contribution in [2.45, 2.75) is 37.3 Å². The number of cyclic esters (lactones) is 1. The van der Waals surface area contributed by atoms with Crippen molar-refractivity contribution in [2.75, 3.05) is 13.2 Å². The number of rotatable bonds is 3. The largest absolute Gasteiger partial charge is 0.450 e. The van der Waals surface area contributed by atoms with E-state index in [1.807, 2.05) is 0 Å². The second kappa shape index (κ2) is 5.35. The highest BCUT2D eigenvalue weighted by Crippen LogP contribution is 2.29. The van der Waals surface area contributed by atoms with E-state index in [0.717, 1.165) is 4.90 Å². The molecule has 2 heterocycles. The second-order valence-electron chi connectivity index (χ2n) is 4.86. The molecule has 20 heavy (non-hydrogen) atoms. The number of aliphatic hydroxyl groups is 3. The van der Waals surface area contributed by atoms with Gasteiger partial charge in [0, 0.05) is 13.5 Å². The number of aliphatic hydroxyl groups excluding tert-OH is 3. The van der Waals surface area contributed by atoms with E-state index in [-0.39, 0.29) is 6.54 Å². The number of carbonyl (C=O) groups excluding carboxylic acids is 3. The number of carbonyl (C=O) groups is 3. The van der Waals surface area contributed by atoms with Crippen LogP contribution in [0.3, 0.4) is 0 Å². The Bertz CT molecular complexity index is 440. The lowest BCUT2D eigenvalue weighted by molar-refractivity contribution is -0.185. The van der Waals surface area contributed by atoms with E-state index in [0.29, 0.717) is 0 Å². The Hall–Kier alpha value is -1.71. The van der Waals surface area contributed by atoms with Crippen LogP contribution in [0, 0.1) is 0 Å². The van der Waals surface area contributed by atoms with Crippen LogP contribution in [0.5, 0.6) is 0 Å². The normalized spacial score (nSPS) is 34.5. The van der Waals surface area contributed by atoms with E-state index in [1.54, 1.807) is 0 Å². The van der Waals surface area contributed by atoms with Crippen molar-refractivity contribution >= 4 is 17.8 Å². The summed E-state index contributed by atoms with van der Waals surface area (Å²) >= 11 is 0. The molecule has 0 aliphatic carbocycles. The van der Waals surface area contributed by atoms with Crippen LogP contribution in [-0.2, 0) is 19.1 Å². The predicted octanol–water partition coefficient (Wildman–Crippen LogP) is -3.66. The van der Waals surface area contributed by atoms with Gasteiger partial charge in [0.05, 0.1) is 24.8 Å². The number of morpholine rings is 1. The lowest BCUT2D eigenvalue weighted by atomic mass is 9.96. The van der Waals surface area contributed by atoms with Gasteiger partial charge in [-0.25, -0.2) is 4.79 Å². The van der Waals surface area contributed by atoms with Gasteiger partial charge in [-0.2, -0.15) is 0 Å². The molecule has 0 aromatic rings. The minimum Gasteiger partial charge on any atom is -0.450 e. The van der Waals surface area contributed by atoms with Crippen LogP contribution >= 0.6 is 0 Å². The zero-order chi connectivity index (χ0) is 15.0. The van der Waals surface area contributed by atoms with Crippen molar-refractivity contribution in [1.82, 2.24) is 10.2 Å². The van der Waals surface area contributed by atoms with E-state index in [2.05, 4.69) is 5.32 Å². The Morgan fingerprint density at radius 2 is 2.20 bits per heavy atom. The van der Waals surface area contributed by atoms with Crippen molar-refractivity contribution in [3.8, 4) is 0 Å². The van der Waals surface area contributed by atoms with Crippen molar-refractivity contribution in [1.29, 1.82) is 0 Å². The lowest BCUT2D eigenvalue weighted by Gasteiger charge is -2.39. The molecular formula is C11H16N2O7. The van der Waals surface area contributed by atoms with Crippen LogP contribution in [0.15, 0.2) is 0 Å². The highest BCUT2D eigenvalue weighted by atomic mass is 16.6. The molecule has 2 saturated heterocycles. The molecule has 0 aromatic carbocycles. The van der Waals surface area contributed by atoms with Gasteiger partial charge < -0.3 is 30.3 Å². The third-order valence-electron chi connectivity index (χ3n) is 3.48. The van der Waals surface area contributed by atoms with Crippen molar-refractivity contribution in [3.05, 3.63) is 0 Å². The SMILES string of the molecule is CC(=O)N[C@@H]1C(O)CN2C(=O)C(=O)O[C@H](C(O)CO)[C@@H]12. The zero-order valence-corrected chi connectivity index (χ0v) is 10.7. The molecule has 0 saturated carbocycles. The monoisotopic (exact) mass is 288 g/mol. The Labute approximate surface area is 114 Å². The number of nitrogens with zero attached hydrogens (tertiary/aromatic N) is 1. The highest BCUT2D eigenvalue weighted by molar-refractivity contribution is 6.33. The van der Waals surface area contributed by atoms with Gasteiger partial charge in [0.15, 0.2) is 6.10 Å². The number of esters is 1. The van der Waals surface area contributed by atoms with Crippen LogP contribution in [-0.4, -0.2) is 81.6 Å². The average molecular weight is 288 g/mol. The molecule has 2 unspecified atom stereocenters. The fourth-order valence-corrected chi connectivity index (χ4v) is 2.65. The fourth-order valence-electron chi connectivity index (χ4n) is 2.65. The maximum absolute atomic E-state index is 11.7. The first kappa shape index (κ1) is 14.7. The summed E-state index contributed by atoms with van der Waals surface area (Å²) in [7, 11) is 0. The van der Waals surface area contributed by atoms with Crippen LogP contribution in [0.25, 0.3) is 0 Å². The molecule has 0 aromatic heterocycles. The number of hydrogen-bond acceptors (Lipinski definition) is 7. The quantitative estimate of drug-likeness (QED) is 0.310. The highest BCUT2D eigenvalue weighted by Gasteiger charge is 2.55. The molecule has 0 radical (unpaired) electrons. The summed E-state index contributed by atoms with van der Waals surface area (Å²) in [5, 5.41) is 31.1. The van der Waals surface area contributed by atoms with Crippen molar-refractivity contribution in [2.24, 2.45) is 0 Å². The van der Waals surface area contributed by atoms with E-state index in [4.69, 9.17) is 9.84 Å². The topological polar surface area (TPSA) is 136 Å². The molecule has 0 spiro atoms. The first-order valence-corrected chi connectivity index (χ1v) is 6.12. The lowest BCUT2D eigenvalue weighted by Crippen LogP contribution is -2.63. The first-order valence-electron chi connectivity index (χ1n) is 6.12. The average Bonchev–Trinajstić information content (AvgIpc) is 2.70. The molecule has 2 aliphatic rings. The first-order chi connectivity index (χ1) is 9.36. The van der Waals surface area contributed by atoms with E-state index >= 15 is 0 Å². The maximum atomic E-state index is 11.7. The minimum absolute atomic E-state index is 0.155. The molecule has 2 amide bonds. The van der Waals surface area contributed by atoms with Gasteiger partial charge in [-0.15, -0.1) is 0 Å². The third-order valence-corrected chi connectivity index (χ3v) is 3.48. The Kier molecular flexibility index (Phi) is 3.93. The predicted molar refractivity (Wildman–Crippen MR) is 62.1 cm³/mol. The third kappa shape index (κ3) is 2.35. The fraction of sp³-hybridized carbons (Fsp3) is 0.727. The summed E-state index contributed by atoms with van der Waals surface area (Å²) in [6.07, 6.45) is -3.71. The van der Waals surface area contributed by atoms with Gasteiger partial charge in [0.1, 0.15) is 6.10 Å². The van der Waals surface area contributed by atoms with E-state index < -0.39 is 54.8 Å². The van der Waals surface area contributed by atoms with Gasteiger partial charge in [-0.3, -0.25) is 9.59 Å². The Morgan fingerprint density at radius 3 is 2.75 bits per heavy atom. The molecular weight excluding hydrogens is 272 g/mol. The van der Waals surface area contributed by atoms with E-state index in [9.17, 15) is 24.6 Å². The van der Waals surface area contributed by atoms with Gasteiger partial charge in [-0.1, -0.05) is 0 Å². The molecule has 0 bridgehead atoms. The van der Waals surface area contributed by atoms with Gasteiger partial charge in [0.2, 0.25) is 5.91 Å². The molecule has 2 rings (SSSR count). The van der Waals surface area contributed by atoms with Crippen molar-refractivity contribution in [3.63, 3.8) is 0 Å². The number of amides is 2. The molecule has 5 atom stereocenters. The summed E-state index contributed by atoms with van der Waals surface area (Å²) in [5.74, 6) is -2.53. The summed E-state index contributed by atoms with van der Waals surface area (Å²) in [5.41, 5.74) is 0. The summed E-state index contributed by atoms with van der Waals surface area (Å²) in [6, 6.07) is -1.79. The molecule has 112 valence electrons. The maximum Gasteiger partial charge on any atom is 0.397 e. The van der Waals surface area contributed by atoms with Gasteiger partial charge >= 0.3 is 11.9 Å².